The highest BCUT2D eigenvalue weighted by molar-refractivity contribution is 6.13. The largest absolute Gasteiger partial charge is 0.496 e. The molecule has 1 aliphatic rings. The number of hydrogen-bond donors (Lipinski definition) is 0. The van der Waals surface area contributed by atoms with Gasteiger partial charge in [0.2, 0.25) is 0 Å². The molecule has 0 unspecified atom stereocenters. The molecule has 1 aliphatic heterocycles. The quantitative estimate of drug-likeness (QED) is 0.467. The standard InChI is InChI=1S/C14H16O5/c1-9-6-10(4-5-11(9)17-2)12(15)14(7-19-8-14)13(16)18-3/h4-6H,7-8H2,1-3H3. The summed E-state index contributed by atoms with van der Waals surface area (Å²) in [4.78, 5) is 24.3. The number of benzene rings is 1. The van der Waals surface area contributed by atoms with Crippen LogP contribution in [0.25, 0.3) is 0 Å². The van der Waals surface area contributed by atoms with Crippen LogP contribution in [0, 0.1) is 12.3 Å². The van der Waals surface area contributed by atoms with E-state index in [1.165, 1.54) is 7.11 Å². The minimum atomic E-state index is -1.18. The fourth-order valence-electron chi connectivity index (χ4n) is 2.14. The van der Waals surface area contributed by atoms with E-state index in [9.17, 15) is 9.59 Å². The first-order chi connectivity index (χ1) is 9.05. The number of carbonyl (C=O) groups is 2. The molecule has 5 heteroatoms. The molecule has 0 N–H and O–H groups in total. The summed E-state index contributed by atoms with van der Waals surface area (Å²) >= 11 is 0. The van der Waals surface area contributed by atoms with Crippen molar-refractivity contribution in [1.29, 1.82) is 0 Å². The molecule has 0 atom stereocenters. The van der Waals surface area contributed by atoms with E-state index in [4.69, 9.17) is 14.2 Å². The summed E-state index contributed by atoms with van der Waals surface area (Å²) in [6.45, 7) is 1.99. The second kappa shape index (κ2) is 5.01. The summed E-state index contributed by atoms with van der Waals surface area (Å²) in [6, 6.07) is 5.08. The maximum Gasteiger partial charge on any atom is 0.324 e. The number of Topliss-reactive ketones (excluding diaryl/α,β-unsaturated/α-hetero) is 1. The lowest BCUT2D eigenvalue weighted by molar-refractivity contribution is -0.172. The van der Waals surface area contributed by atoms with E-state index >= 15 is 0 Å². The Morgan fingerprint density at radius 1 is 1.26 bits per heavy atom. The van der Waals surface area contributed by atoms with Crippen LogP contribution in [0.1, 0.15) is 15.9 Å². The summed E-state index contributed by atoms with van der Waals surface area (Å²) in [6.07, 6.45) is 0. The van der Waals surface area contributed by atoms with E-state index in [2.05, 4.69) is 0 Å². The Labute approximate surface area is 111 Å². The van der Waals surface area contributed by atoms with Crippen molar-refractivity contribution in [2.75, 3.05) is 27.4 Å². The molecule has 5 nitrogen and oxygen atoms in total. The fourth-order valence-corrected chi connectivity index (χ4v) is 2.14. The van der Waals surface area contributed by atoms with Gasteiger partial charge in [0.15, 0.2) is 11.2 Å². The van der Waals surface area contributed by atoms with Gasteiger partial charge in [-0.1, -0.05) is 0 Å². The van der Waals surface area contributed by atoms with Gasteiger partial charge < -0.3 is 14.2 Å². The minimum Gasteiger partial charge on any atom is -0.496 e. The lowest BCUT2D eigenvalue weighted by Crippen LogP contribution is -2.55. The van der Waals surface area contributed by atoms with E-state index in [0.717, 1.165) is 5.56 Å². The molecule has 2 rings (SSSR count). The average Bonchev–Trinajstić information content (AvgIpc) is 2.36. The molecule has 1 heterocycles. The predicted octanol–water partition coefficient (Wildman–Crippen LogP) is 1.38. The lowest BCUT2D eigenvalue weighted by Gasteiger charge is -2.36. The third-order valence-corrected chi connectivity index (χ3v) is 3.36. The van der Waals surface area contributed by atoms with E-state index in [0.29, 0.717) is 11.3 Å². The van der Waals surface area contributed by atoms with E-state index < -0.39 is 11.4 Å². The molecule has 0 saturated carbocycles. The number of carbonyl (C=O) groups excluding carboxylic acids is 2. The number of aryl methyl sites for hydroxylation is 1. The van der Waals surface area contributed by atoms with Crippen LogP contribution in [-0.4, -0.2) is 39.2 Å². The van der Waals surface area contributed by atoms with Gasteiger partial charge in [0.05, 0.1) is 27.4 Å². The molecule has 0 aliphatic carbocycles. The lowest BCUT2D eigenvalue weighted by atomic mass is 9.78. The monoisotopic (exact) mass is 264 g/mol. The first-order valence-corrected chi connectivity index (χ1v) is 5.91. The molecule has 0 bridgehead atoms. The van der Waals surface area contributed by atoms with Crippen LogP contribution in [0.2, 0.25) is 0 Å². The van der Waals surface area contributed by atoms with Gasteiger partial charge >= 0.3 is 5.97 Å². The van der Waals surface area contributed by atoms with Crippen LogP contribution in [0.4, 0.5) is 0 Å². The zero-order valence-corrected chi connectivity index (χ0v) is 11.2. The third kappa shape index (κ3) is 2.10. The zero-order chi connectivity index (χ0) is 14.0. The summed E-state index contributed by atoms with van der Waals surface area (Å²) in [5.74, 6) is -0.109. The fraction of sp³-hybridized carbons (Fsp3) is 0.429. The van der Waals surface area contributed by atoms with Crippen LogP contribution in [-0.2, 0) is 14.3 Å². The van der Waals surface area contributed by atoms with Crippen LogP contribution in [0.3, 0.4) is 0 Å². The van der Waals surface area contributed by atoms with Gasteiger partial charge in [0, 0.05) is 5.56 Å². The Hall–Kier alpha value is -1.88. The van der Waals surface area contributed by atoms with Crippen molar-refractivity contribution < 1.29 is 23.8 Å². The molecular weight excluding hydrogens is 248 g/mol. The molecule has 1 fully saturated rings. The molecular formula is C14H16O5. The van der Waals surface area contributed by atoms with Crippen molar-refractivity contribution in [3.63, 3.8) is 0 Å². The molecule has 102 valence electrons. The number of ether oxygens (including phenoxy) is 3. The predicted molar refractivity (Wildman–Crippen MR) is 67.3 cm³/mol. The highest BCUT2D eigenvalue weighted by Crippen LogP contribution is 2.34. The summed E-state index contributed by atoms with van der Waals surface area (Å²) < 4.78 is 14.9. The molecule has 1 saturated heterocycles. The Balaban J connectivity index is 2.33. The van der Waals surface area contributed by atoms with Gasteiger partial charge in [0.1, 0.15) is 5.75 Å². The zero-order valence-electron chi connectivity index (χ0n) is 11.2. The number of esters is 1. The highest BCUT2D eigenvalue weighted by atomic mass is 16.5. The van der Waals surface area contributed by atoms with E-state index in [1.807, 2.05) is 6.92 Å². The molecule has 1 aromatic rings. The highest BCUT2D eigenvalue weighted by Gasteiger charge is 2.53. The molecule has 0 spiro atoms. The molecule has 0 amide bonds. The first-order valence-electron chi connectivity index (χ1n) is 5.91. The first kappa shape index (κ1) is 13.5. The maximum absolute atomic E-state index is 12.5. The Bertz CT molecular complexity index is 517. The van der Waals surface area contributed by atoms with Crippen molar-refractivity contribution in [2.45, 2.75) is 6.92 Å². The Kier molecular flexibility index (Phi) is 3.57. The normalized spacial score (nSPS) is 16.4. The topological polar surface area (TPSA) is 61.8 Å². The maximum atomic E-state index is 12.5. The molecule has 0 radical (unpaired) electrons. The second-order valence-corrected chi connectivity index (χ2v) is 4.58. The smallest absolute Gasteiger partial charge is 0.324 e. The number of rotatable bonds is 4. The average molecular weight is 264 g/mol. The molecule has 19 heavy (non-hydrogen) atoms. The Morgan fingerprint density at radius 3 is 2.37 bits per heavy atom. The van der Waals surface area contributed by atoms with Crippen molar-refractivity contribution in [2.24, 2.45) is 5.41 Å². The van der Waals surface area contributed by atoms with Crippen molar-refractivity contribution in [3.05, 3.63) is 29.3 Å². The minimum absolute atomic E-state index is 0.0730. The van der Waals surface area contributed by atoms with Crippen LogP contribution in [0.15, 0.2) is 18.2 Å². The van der Waals surface area contributed by atoms with Gasteiger partial charge in [-0.25, -0.2) is 0 Å². The number of hydrogen-bond acceptors (Lipinski definition) is 5. The van der Waals surface area contributed by atoms with Crippen LogP contribution in [0.5, 0.6) is 5.75 Å². The van der Waals surface area contributed by atoms with Gasteiger partial charge in [-0.3, -0.25) is 9.59 Å². The SMILES string of the molecule is COC(=O)C1(C(=O)c2ccc(OC)c(C)c2)COC1. The van der Waals surface area contributed by atoms with E-state index in [1.54, 1.807) is 25.3 Å². The number of ketones is 1. The molecule has 0 aromatic heterocycles. The molecule has 1 aromatic carbocycles. The van der Waals surface area contributed by atoms with Crippen LogP contribution >= 0.6 is 0 Å². The van der Waals surface area contributed by atoms with Crippen LogP contribution < -0.4 is 4.74 Å². The third-order valence-electron chi connectivity index (χ3n) is 3.36. The summed E-state index contributed by atoms with van der Waals surface area (Å²) in [7, 11) is 2.84. The second-order valence-electron chi connectivity index (χ2n) is 4.58. The van der Waals surface area contributed by atoms with Gasteiger partial charge in [0.25, 0.3) is 0 Å². The summed E-state index contributed by atoms with van der Waals surface area (Å²) in [5.41, 5.74) is 0.121. The van der Waals surface area contributed by atoms with E-state index in [-0.39, 0.29) is 19.0 Å². The number of methoxy groups -OCH3 is 2. The van der Waals surface area contributed by atoms with Crippen molar-refractivity contribution in [3.8, 4) is 5.75 Å². The summed E-state index contributed by atoms with van der Waals surface area (Å²) in [5, 5.41) is 0. The van der Waals surface area contributed by atoms with Crippen molar-refractivity contribution in [1.82, 2.24) is 0 Å². The Morgan fingerprint density at radius 2 is 1.95 bits per heavy atom. The van der Waals surface area contributed by atoms with Gasteiger partial charge in [-0.15, -0.1) is 0 Å². The van der Waals surface area contributed by atoms with Gasteiger partial charge in [-0.2, -0.15) is 0 Å². The van der Waals surface area contributed by atoms with Gasteiger partial charge in [-0.05, 0) is 30.7 Å². The van der Waals surface area contributed by atoms with Crippen molar-refractivity contribution >= 4 is 11.8 Å².